The zero-order valence-electron chi connectivity index (χ0n) is 10.2. The minimum absolute atomic E-state index is 0.565. The number of rotatable bonds is 3. The van der Waals surface area contributed by atoms with Gasteiger partial charge in [0.2, 0.25) is 5.89 Å². The lowest BCUT2D eigenvalue weighted by molar-refractivity contribution is 0.478. The van der Waals surface area contributed by atoms with Gasteiger partial charge in [0.05, 0.1) is 12.2 Å². The summed E-state index contributed by atoms with van der Waals surface area (Å²) < 4.78 is 5.50. The van der Waals surface area contributed by atoms with E-state index in [2.05, 4.69) is 10.3 Å². The molecule has 90 valence electrons. The molecule has 0 aliphatic heterocycles. The first kappa shape index (κ1) is 12.0. The predicted molar refractivity (Wildman–Crippen MR) is 69.5 cm³/mol. The van der Waals surface area contributed by atoms with Gasteiger partial charge in [0.25, 0.3) is 0 Å². The molecule has 0 atom stereocenters. The van der Waals surface area contributed by atoms with Crippen molar-refractivity contribution >= 4 is 17.3 Å². The first-order valence-electron chi connectivity index (χ1n) is 5.49. The molecule has 1 heterocycles. The van der Waals surface area contributed by atoms with E-state index >= 15 is 0 Å². The van der Waals surface area contributed by atoms with E-state index in [9.17, 15) is 0 Å². The van der Waals surface area contributed by atoms with Gasteiger partial charge in [-0.2, -0.15) is 0 Å². The van der Waals surface area contributed by atoms with Gasteiger partial charge < -0.3 is 9.73 Å². The van der Waals surface area contributed by atoms with Crippen molar-refractivity contribution in [1.29, 1.82) is 0 Å². The Morgan fingerprint density at radius 3 is 2.71 bits per heavy atom. The van der Waals surface area contributed by atoms with Crippen molar-refractivity contribution in [2.75, 3.05) is 5.32 Å². The third-order valence-electron chi connectivity index (χ3n) is 2.70. The van der Waals surface area contributed by atoms with Gasteiger partial charge in [0.1, 0.15) is 5.76 Å². The molecule has 17 heavy (non-hydrogen) atoms. The quantitative estimate of drug-likeness (QED) is 0.899. The van der Waals surface area contributed by atoms with E-state index in [-0.39, 0.29) is 0 Å². The highest BCUT2D eigenvalue weighted by Gasteiger charge is 2.06. The maximum absolute atomic E-state index is 5.95. The van der Waals surface area contributed by atoms with Crippen molar-refractivity contribution in [3.63, 3.8) is 0 Å². The van der Waals surface area contributed by atoms with Crippen LogP contribution in [0.25, 0.3) is 0 Å². The molecule has 1 aromatic carbocycles. The minimum atomic E-state index is 0.565. The summed E-state index contributed by atoms with van der Waals surface area (Å²) in [4.78, 5) is 4.32. The Morgan fingerprint density at radius 1 is 1.29 bits per heavy atom. The first-order valence-corrected chi connectivity index (χ1v) is 5.87. The van der Waals surface area contributed by atoms with Crippen LogP contribution in [0.5, 0.6) is 0 Å². The van der Waals surface area contributed by atoms with Crippen molar-refractivity contribution in [2.24, 2.45) is 0 Å². The van der Waals surface area contributed by atoms with Crippen LogP contribution < -0.4 is 5.32 Å². The van der Waals surface area contributed by atoms with Crippen LogP contribution in [0.15, 0.2) is 22.6 Å². The van der Waals surface area contributed by atoms with E-state index in [0.29, 0.717) is 12.4 Å². The monoisotopic (exact) mass is 250 g/mol. The highest BCUT2D eigenvalue weighted by molar-refractivity contribution is 6.30. The summed E-state index contributed by atoms with van der Waals surface area (Å²) in [7, 11) is 0. The van der Waals surface area contributed by atoms with Gasteiger partial charge in [-0.3, -0.25) is 0 Å². The van der Waals surface area contributed by atoms with Crippen LogP contribution in [0.2, 0.25) is 5.02 Å². The van der Waals surface area contributed by atoms with Gasteiger partial charge >= 0.3 is 0 Å². The fourth-order valence-corrected chi connectivity index (χ4v) is 1.74. The second kappa shape index (κ2) is 4.80. The zero-order chi connectivity index (χ0) is 12.4. The molecular weight excluding hydrogens is 236 g/mol. The Hall–Kier alpha value is -1.48. The molecule has 0 spiro atoms. The van der Waals surface area contributed by atoms with E-state index in [0.717, 1.165) is 27.7 Å². The van der Waals surface area contributed by atoms with Crippen LogP contribution in [0, 0.1) is 20.8 Å². The van der Waals surface area contributed by atoms with Gasteiger partial charge in [0, 0.05) is 10.7 Å². The lowest BCUT2D eigenvalue weighted by Crippen LogP contribution is -2.01. The molecule has 0 aliphatic carbocycles. The summed E-state index contributed by atoms with van der Waals surface area (Å²) in [5.74, 6) is 1.56. The Labute approximate surface area is 106 Å². The van der Waals surface area contributed by atoms with E-state index in [1.807, 2.05) is 39.0 Å². The average molecular weight is 251 g/mol. The summed E-state index contributed by atoms with van der Waals surface area (Å²) in [5.41, 5.74) is 3.09. The fraction of sp³-hybridized carbons (Fsp3) is 0.308. The number of benzene rings is 1. The van der Waals surface area contributed by atoms with Crippen LogP contribution in [0.1, 0.15) is 22.9 Å². The van der Waals surface area contributed by atoms with Crippen molar-refractivity contribution in [3.8, 4) is 0 Å². The number of aromatic nitrogens is 1. The molecule has 0 amide bonds. The molecule has 0 bridgehead atoms. The summed E-state index contributed by atoms with van der Waals surface area (Å²) >= 11 is 5.95. The smallest absolute Gasteiger partial charge is 0.213 e. The maximum atomic E-state index is 5.95. The molecule has 1 aromatic heterocycles. The maximum Gasteiger partial charge on any atom is 0.213 e. The van der Waals surface area contributed by atoms with Crippen molar-refractivity contribution in [3.05, 3.63) is 46.1 Å². The Morgan fingerprint density at radius 2 is 2.06 bits per heavy atom. The predicted octanol–water partition coefficient (Wildman–Crippen LogP) is 3.87. The van der Waals surface area contributed by atoms with Gasteiger partial charge in [-0.15, -0.1) is 0 Å². The molecule has 0 saturated heterocycles. The number of halogens is 1. The SMILES string of the molecule is Cc1ccc(Cl)cc1NCc1nc(C)c(C)o1. The summed E-state index contributed by atoms with van der Waals surface area (Å²) in [6.45, 7) is 6.45. The lowest BCUT2D eigenvalue weighted by Gasteiger charge is -2.07. The van der Waals surface area contributed by atoms with Crippen LogP contribution in [0.3, 0.4) is 0 Å². The Bertz CT molecular complexity index is 515. The molecule has 2 rings (SSSR count). The van der Waals surface area contributed by atoms with Gasteiger partial charge in [-0.05, 0) is 38.5 Å². The number of nitrogens with one attached hydrogen (secondary N) is 1. The Kier molecular flexibility index (Phi) is 3.38. The number of anilines is 1. The standard InChI is InChI=1S/C13H15ClN2O/c1-8-4-5-11(14)6-12(8)15-7-13-16-9(2)10(3)17-13/h4-6,15H,7H2,1-3H3. The molecular formula is C13H15ClN2O. The van der Waals surface area contributed by atoms with Gasteiger partial charge in [0.15, 0.2) is 0 Å². The van der Waals surface area contributed by atoms with Crippen LogP contribution >= 0.6 is 11.6 Å². The Balaban J connectivity index is 2.09. The summed E-state index contributed by atoms with van der Waals surface area (Å²) in [5, 5.41) is 3.99. The number of aryl methyl sites for hydroxylation is 3. The van der Waals surface area contributed by atoms with Crippen molar-refractivity contribution in [1.82, 2.24) is 4.98 Å². The van der Waals surface area contributed by atoms with E-state index < -0.39 is 0 Å². The average Bonchev–Trinajstić information content (AvgIpc) is 2.60. The highest BCUT2D eigenvalue weighted by Crippen LogP contribution is 2.21. The third kappa shape index (κ3) is 2.80. The van der Waals surface area contributed by atoms with E-state index in [4.69, 9.17) is 16.0 Å². The number of oxazole rings is 1. The molecule has 4 heteroatoms. The number of hydrogen-bond acceptors (Lipinski definition) is 3. The van der Waals surface area contributed by atoms with Crippen LogP contribution in [-0.2, 0) is 6.54 Å². The lowest BCUT2D eigenvalue weighted by atomic mass is 10.2. The number of nitrogens with zero attached hydrogens (tertiary/aromatic N) is 1. The first-order chi connectivity index (χ1) is 8.06. The second-order valence-corrected chi connectivity index (χ2v) is 4.50. The van der Waals surface area contributed by atoms with E-state index in [1.165, 1.54) is 0 Å². The molecule has 0 aliphatic rings. The van der Waals surface area contributed by atoms with Crippen LogP contribution in [-0.4, -0.2) is 4.98 Å². The normalized spacial score (nSPS) is 10.6. The second-order valence-electron chi connectivity index (χ2n) is 4.06. The fourth-order valence-electron chi connectivity index (χ4n) is 1.57. The van der Waals surface area contributed by atoms with Crippen molar-refractivity contribution < 1.29 is 4.42 Å². The molecule has 0 unspecified atom stereocenters. The third-order valence-corrected chi connectivity index (χ3v) is 2.94. The zero-order valence-corrected chi connectivity index (χ0v) is 10.9. The molecule has 3 nitrogen and oxygen atoms in total. The summed E-state index contributed by atoms with van der Waals surface area (Å²) in [6.07, 6.45) is 0. The van der Waals surface area contributed by atoms with E-state index in [1.54, 1.807) is 0 Å². The molecule has 1 N–H and O–H groups in total. The largest absolute Gasteiger partial charge is 0.444 e. The topological polar surface area (TPSA) is 38.1 Å². The van der Waals surface area contributed by atoms with Crippen LogP contribution in [0.4, 0.5) is 5.69 Å². The molecule has 0 fully saturated rings. The molecule has 0 saturated carbocycles. The number of hydrogen-bond donors (Lipinski definition) is 1. The van der Waals surface area contributed by atoms with Gasteiger partial charge in [-0.1, -0.05) is 17.7 Å². The summed E-state index contributed by atoms with van der Waals surface area (Å²) in [6, 6.07) is 5.76. The highest BCUT2D eigenvalue weighted by atomic mass is 35.5. The van der Waals surface area contributed by atoms with Crippen molar-refractivity contribution in [2.45, 2.75) is 27.3 Å². The molecule has 0 radical (unpaired) electrons. The minimum Gasteiger partial charge on any atom is -0.444 e. The van der Waals surface area contributed by atoms with Gasteiger partial charge in [-0.25, -0.2) is 4.98 Å². The molecule has 2 aromatic rings.